The Morgan fingerprint density at radius 3 is 2.37 bits per heavy atom. The Kier molecular flexibility index (Phi) is 5.86. The number of aliphatic hydroxyl groups is 1. The molecule has 35 heavy (non-hydrogen) atoms. The summed E-state index contributed by atoms with van der Waals surface area (Å²) >= 11 is 1.35. The van der Waals surface area contributed by atoms with E-state index >= 15 is 0 Å². The number of carbonyl (C=O) groups is 2. The number of aryl methyl sites for hydroxylation is 2. The molecule has 1 amide bonds. The van der Waals surface area contributed by atoms with Crippen molar-refractivity contribution in [1.82, 2.24) is 4.98 Å². The van der Waals surface area contributed by atoms with E-state index in [0.29, 0.717) is 23.1 Å². The molecule has 0 unspecified atom stereocenters. The molecule has 1 fully saturated rings. The number of nitrogens with zero attached hydrogens (tertiary/aromatic N) is 2. The van der Waals surface area contributed by atoms with Gasteiger partial charge in [-0.2, -0.15) is 0 Å². The van der Waals surface area contributed by atoms with Gasteiger partial charge in [0.1, 0.15) is 11.5 Å². The minimum absolute atomic E-state index is 0.0402. The van der Waals surface area contributed by atoms with Gasteiger partial charge in [0.2, 0.25) is 0 Å². The van der Waals surface area contributed by atoms with Crippen LogP contribution in [0.5, 0.6) is 5.75 Å². The maximum atomic E-state index is 13.4. The summed E-state index contributed by atoms with van der Waals surface area (Å²) in [5.74, 6) is -1.02. The van der Waals surface area contributed by atoms with Gasteiger partial charge in [-0.1, -0.05) is 47.2 Å². The van der Waals surface area contributed by atoms with Crippen molar-refractivity contribution < 1.29 is 19.4 Å². The molecule has 1 atom stereocenters. The SMILES string of the molecule is CCOc1ccc(C(O)=C2C(=O)C(=O)N(c3nc4ccc(C)cc4s3)[C@H]2c2ccc(C)cc2)cc1. The molecule has 1 aliphatic rings. The van der Waals surface area contributed by atoms with Crippen LogP contribution in [0.3, 0.4) is 0 Å². The van der Waals surface area contributed by atoms with E-state index in [2.05, 4.69) is 4.98 Å². The Bertz CT molecular complexity index is 1470. The Hall–Kier alpha value is -3.97. The predicted molar refractivity (Wildman–Crippen MR) is 138 cm³/mol. The number of thiazole rings is 1. The highest BCUT2D eigenvalue weighted by atomic mass is 32.1. The second-order valence-electron chi connectivity index (χ2n) is 8.50. The van der Waals surface area contributed by atoms with Crippen LogP contribution in [0.1, 0.15) is 35.2 Å². The van der Waals surface area contributed by atoms with E-state index in [1.54, 1.807) is 24.3 Å². The van der Waals surface area contributed by atoms with E-state index in [1.807, 2.05) is 63.2 Å². The maximum Gasteiger partial charge on any atom is 0.301 e. The summed E-state index contributed by atoms with van der Waals surface area (Å²) in [6, 6.07) is 19.5. The first-order valence-corrected chi connectivity index (χ1v) is 12.2. The van der Waals surface area contributed by atoms with Crippen LogP contribution < -0.4 is 9.64 Å². The number of amides is 1. The summed E-state index contributed by atoms with van der Waals surface area (Å²) in [7, 11) is 0. The normalized spacial score (nSPS) is 17.3. The number of fused-ring (bicyclic) bond motifs is 1. The van der Waals surface area contributed by atoms with Gasteiger partial charge in [-0.25, -0.2) is 4.98 Å². The zero-order valence-electron chi connectivity index (χ0n) is 19.6. The summed E-state index contributed by atoms with van der Waals surface area (Å²) in [5, 5.41) is 11.7. The first-order valence-electron chi connectivity index (χ1n) is 11.4. The summed E-state index contributed by atoms with van der Waals surface area (Å²) in [6.45, 7) is 6.37. The van der Waals surface area contributed by atoms with Crippen molar-refractivity contribution in [3.63, 3.8) is 0 Å². The zero-order chi connectivity index (χ0) is 24.7. The molecule has 0 bridgehead atoms. The first kappa shape index (κ1) is 22.8. The average molecular weight is 485 g/mol. The lowest BCUT2D eigenvalue weighted by Crippen LogP contribution is -2.29. The van der Waals surface area contributed by atoms with Gasteiger partial charge >= 0.3 is 5.91 Å². The highest BCUT2D eigenvalue weighted by molar-refractivity contribution is 7.22. The summed E-state index contributed by atoms with van der Waals surface area (Å²) in [5.41, 5.74) is 4.08. The van der Waals surface area contributed by atoms with Gasteiger partial charge in [0.05, 0.1) is 28.4 Å². The van der Waals surface area contributed by atoms with Gasteiger partial charge in [0.15, 0.2) is 5.13 Å². The number of Topliss-reactive ketones (excluding diaryl/α,β-unsaturated/α-hetero) is 1. The van der Waals surface area contributed by atoms with E-state index in [1.165, 1.54) is 16.2 Å². The van der Waals surface area contributed by atoms with Crippen molar-refractivity contribution in [1.29, 1.82) is 0 Å². The Balaban J connectivity index is 1.68. The molecular weight excluding hydrogens is 460 g/mol. The van der Waals surface area contributed by atoms with Gasteiger partial charge in [-0.15, -0.1) is 0 Å². The molecule has 176 valence electrons. The highest BCUT2D eigenvalue weighted by Gasteiger charge is 2.48. The fourth-order valence-corrected chi connectivity index (χ4v) is 5.34. The van der Waals surface area contributed by atoms with Crippen LogP contribution in [-0.4, -0.2) is 28.4 Å². The van der Waals surface area contributed by atoms with Crippen LogP contribution in [0.25, 0.3) is 16.0 Å². The predicted octanol–water partition coefficient (Wildman–Crippen LogP) is 5.94. The number of ether oxygens (including phenoxy) is 1. The van der Waals surface area contributed by atoms with Crippen LogP contribution in [0.15, 0.2) is 72.3 Å². The fraction of sp³-hybridized carbons (Fsp3) is 0.179. The first-order chi connectivity index (χ1) is 16.9. The lowest BCUT2D eigenvalue weighted by atomic mass is 9.95. The second kappa shape index (κ2) is 9.00. The van der Waals surface area contributed by atoms with Crippen LogP contribution in [0, 0.1) is 13.8 Å². The number of carbonyl (C=O) groups excluding carboxylic acids is 2. The molecular formula is C28H24N2O4S. The van der Waals surface area contributed by atoms with Crippen LogP contribution >= 0.6 is 11.3 Å². The molecule has 3 aromatic carbocycles. The Morgan fingerprint density at radius 2 is 1.69 bits per heavy atom. The van der Waals surface area contributed by atoms with Crippen molar-refractivity contribution >= 4 is 44.1 Å². The summed E-state index contributed by atoms with van der Waals surface area (Å²) < 4.78 is 6.41. The van der Waals surface area contributed by atoms with E-state index in [9.17, 15) is 14.7 Å². The van der Waals surface area contributed by atoms with E-state index in [-0.39, 0.29) is 11.3 Å². The van der Waals surface area contributed by atoms with Crippen molar-refractivity contribution in [2.24, 2.45) is 0 Å². The summed E-state index contributed by atoms with van der Waals surface area (Å²) in [6.07, 6.45) is 0. The molecule has 1 N–H and O–H groups in total. The third-order valence-corrected chi connectivity index (χ3v) is 7.03. The standard InChI is InChI=1S/C28H24N2O4S/c1-4-34-20-12-10-19(11-13-20)25(31)23-24(18-8-5-16(2)6-9-18)30(27(33)26(23)32)28-29-21-14-7-17(3)15-22(21)35-28/h5-15,24,31H,4H2,1-3H3/t24-/m0/s1. The monoisotopic (exact) mass is 484 g/mol. The Labute approximate surface area is 207 Å². The number of anilines is 1. The maximum absolute atomic E-state index is 13.4. The zero-order valence-corrected chi connectivity index (χ0v) is 20.4. The number of aromatic nitrogens is 1. The topological polar surface area (TPSA) is 79.7 Å². The second-order valence-corrected chi connectivity index (χ2v) is 9.51. The molecule has 0 spiro atoms. The van der Waals surface area contributed by atoms with Crippen molar-refractivity contribution in [2.75, 3.05) is 11.5 Å². The van der Waals surface area contributed by atoms with E-state index in [0.717, 1.165) is 26.9 Å². The van der Waals surface area contributed by atoms with Gasteiger partial charge in [0, 0.05) is 5.56 Å². The number of rotatable bonds is 5. The van der Waals surface area contributed by atoms with Crippen LogP contribution in [0.4, 0.5) is 5.13 Å². The lowest BCUT2D eigenvalue weighted by Gasteiger charge is -2.23. The number of hydrogen-bond acceptors (Lipinski definition) is 6. The smallest absolute Gasteiger partial charge is 0.301 e. The molecule has 1 aliphatic heterocycles. The van der Waals surface area contributed by atoms with E-state index in [4.69, 9.17) is 4.74 Å². The van der Waals surface area contributed by atoms with Gasteiger partial charge in [0.25, 0.3) is 5.78 Å². The third-order valence-electron chi connectivity index (χ3n) is 6.02. The quantitative estimate of drug-likeness (QED) is 0.215. The molecule has 2 heterocycles. The van der Waals surface area contributed by atoms with Crippen molar-refractivity contribution in [2.45, 2.75) is 26.8 Å². The number of benzene rings is 3. The van der Waals surface area contributed by atoms with Crippen molar-refractivity contribution in [3.05, 3.63) is 94.6 Å². The summed E-state index contributed by atoms with van der Waals surface area (Å²) in [4.78, 5) is 32.8. The van der Waals surface area contributed by atoms with Gasteiger partial charge in [-0.05, 0) is 68.3 Å². The number of aliphatic hydroxyl groups excluding tert-OH is 1. The molecule has 1 aromatic heterocycles. The minimum Gasteiger partial charge on any atom is -0.507 e. The highest BCUT2D eigenvalue weighted by Crippen LogP contribution is 2.44. The third kappa shape index (κ3) is 4.08. The molecule has 6 nitrogen and oxygen atoms in total. The lowest BCUT2D eigenvalue weighted by molar-refractivity contribution is -0.132. The molecule has 0 saturated carbocycles. The van der Waals surface area contributed by atoms with Crippen molar-refractivity contribution in [3.8, 4) is 5.75 Å². The molecule has 1 saturated heterocycles. The molecule has 0 radical (unpaired) electrons. The molecule has 7 heteroatoms. The van der Waals surface area contributed by atoms with Crippen LogP contribution in [-0.2, 0) is 9.59 Å². The van der Waals surface area contributed by atoms with Crippen LogP contribution in [0.2, 0.25) is 0 Å². The Morgan fingerprint density at radius 1 is 1.00 bits per heavy atom. The van der Waals surface area contributed by atoms with E-state index < -0.39 is 17.7 Å². The fourth-order valence-electron chi connectivity index (χ4n) is 4.25. The number of ketones is 1. The molecule has 0 aliphatic carbocycles. The molecule has 4 aromatic rings. The molecule has 5 rings (SSSR count). The number of hydrogen-bond donors (Lipinski definition) is 1. The van der Waals surface area contributed by atoms with Gasteiger partial charge in [-0.3, -0.25) is 14.5 Å². The average Bonchev–Trinajstić information content (AvgIpc) is 3.37. The minimum atomic E-state index is -0.802. The largest absolute Gasteiger partial charge is 0.507 e. The van der Waals surface area contributed by atoms with Gasteiger partial charge < -0.3 is 9.84 Å².